The quantitative estimate of drug-likeness (QED) is 0.817. The van der Waals surface area contributed by atoms with Crippen LogP contribution in [0.1, 0.15) is 25.7 Å². The average Bonchev–Trinajstić information content (AvgIpc) is 2.97. The van der Waals surface area contributed by atoms with Gasteiger partial charge in [0, 0.05) is 24.8 Å². The van der Waals surface area contributed by atoms with Gasteiger partial charge in [-0.1, -0.05) is 0 Å². The Morgan fingerprint density at radius 1 is 1.47 bits per heavy atom. The molecule has 3 heterocycles. The van der Waals surface area contributed by atoms with E-state index in [-0.39, 0.29) is 12.5 Å². The van der Waals surface area contributed by atoms with Crippen molar-refractivity contribution in [3.8, 4) is 0 Å². The van der Waals surface area contributed by atoms with Crippen molar-refractivity contribution < 1.29 is 4.79 Å². The molecule has 2 aliphatic rings. The van der Waals surface area contributed by atoms with E-state index in [0.717, 1.165) is 19.4 Å². The Bertz CT molecular complexity index is 458. The predicted molar refractivity (Wildman–Crippen MR) is 72.4 cm³/mol. The molecule has 104 valence electrons. The molecule has 0 radical (unpaired) electrons. The molecule has 2 unspecified atom stereocenters. The summed E-state index contributed by atoms with van der Waals surface area (Å²) in [5, 5.41) is 7.14. The third-order valence-electron chi connectivity index (χ3n) is 4.15. The smallest absolute Gasteiger partial charge is 0.241 e. The van der Waals surface area contributed by atoms with Crippen LogP contribution in [0, 0.1) is 0 Å². The van der Waals surface area contributed by atoms with Gasteiger partial charge in [-0.15, -0.1) is 0 Å². The highest BCUT2D eigenvalue weighted by Gasteiger charge is 2.32. The molecule has 19 heavy (non-hydrogen) atoms. The summed E-state index contributed by atoms with van der Waals surface area (Å²) >= 11 is 0. The van der Waals surface area contributed by atoms with Crippen LogP contribution in [0.15, 0.2) is 12.3 Å². The molecule has 1 amide bonds. The van der Waals surface area contributed by atoms with Gasteiger partial charge in [0.05, 0.1) is 0 Å². The van der Waals surface area contributed by atoms with E-state index in [1.54, 1.807) is 16.9 Å². The van der Waals surface area contributed by atoms with E-state index in [4.69, 9.17) is 5.73 Å². The third-order valence-corrected chi connectivity index (χ3v) is 4.15. The van der Waals surface area contributed by atoms with Gasteiger partial charge in [0.15, 0.2) is 0 Å². The lowest BCUT2D eigenvalue weighted by atomic mass is 9.97. The summed E-state index contributed by atoms with van der Waals surface area (Å²) in [6, 6.07) is 2.70. The maximum absolute atomic E-state index is 12.0. The Morgan fingerprint density at radius 2 is 2.37 bits per heavy atom. The normalized spacial score (nSPS) is 27.2. The Morgan fingerprint density at radius 3 is 3.16 bits per heavy atom. The van der Waals surface area contributed by atoms with Crippen LogP contribution in [-0.2, 0) is 11.3 Å². The first-order valence-electron chi connectivity index (χ1n) is 7.03. The topological polar surface area (TPSA) is 76.2 Å². The number of nitrogens with one attached hydrogen (secondary N) is 1. The highest BCUT2D eigenvalue weighted by atomic mass is 16.2. The molecule has 0 aromatic carbocycles. The fourth-order valence-corrected chi connectivity index (χ4v) is 3.24. The molecule has 2 aliphatic heterocycles. The minimum absolute atomic E-state index is 0.0274. The molecule has 3 rings (SSSR count). The number of rotatable bonds is 3. The van der Waals surface area contributed by atoms with Crippen molar-refractivity contribution in [3.63, 3.8) is 0 Å². The standard InChI is InChI=1S/C13H21N5O/c14-12-4-7-18(16-12)9-13(19)15-10-3-6-17-5-1-2-11(17)8-10/h4,7,10-11H,1-3,5-6,8-9H2,(H2,14,16)(H,15,19). The van der Waals surface area contributed by atoms with Crippen LogP contribution < -0.4 is 11.1 Å². The summed E-state index contributed by atoms with van der Waals surface area (Å²) in [4.78, 5) is 14.5. The zero-order valence-corrected chi connectivity index (χ0v) is 11.1. The third kappa shape index (κ3) is 2.89. The molecule has 1 aromatic rings. The first-order chi connectivity index (χ1) is 9.20. The van der Waals surface area contributed by atoms with Crippen molar-refractivity contribution in [1.82, 2.24) is 20.0 Å². The number of carbonyl (C=O) groups excluding carboxylic acids is 1. The Balaban J connectivity index is 1.49. The minimum Gasteiger partial charge on any atom is -0.382 e. The first kappa shape index (κ1) is 12.5. The van der Waals surface area contributed by atoms with Crippen LogP contribution in [0.2, 0.25) is 0 Å². The van der Waals surface area contributed by atoms with Crippen molar-refractivity contribution >= 4 is 11.7 Å². The molecular formula is C13H21N5O. The molecule has 2 atom stereocenters. The van der Waals surface area contributed by atoms with Gasteiger partial charge in [-0.2, -0.15) is 5.10 Å². The van der Waals surface area contributed by atoms with E-state index in [1.807, 2.05) is 0 Å². The minimum atomic E-state index is 0.0274. The molecule has 0 aliphatic carbocycles. The zero-order chi connectivity index (χ0) is 13.2. The number of amides is 1. The molecule has 0 saturated carbocycles. The molecule has 3 N–H and O–H groups in total. The molecule has 6 heteroatoms. The number of fused-ring (bicyclic) bond motifs is 1. The molecule has 6 nitrogen and oxygen atoms in total. The van der Waals surface area contributed by atoms with Crippen LogP contribution in [0.5, 0.6) is 0 Å². The van der Waals surface area contributed by atoms with Crippen LogP contribution in [0.4, 0.5) is 5.82 Å². The highest BCUT2D eigenvalue weighted by molar-refractivity contribution is 5.76. The zero-order valence-electron chi connectivity index (χ0n) is 11.1. The number of nitrogens with two attached hydrogens (primary N) is 1. The van der Waals surface area contributed by atoms with Gasteiger partial charge in [0.2, 0.25) is 5.91 Å². The van der Waals surface area contributed by atoms with Gasteiger partial charge in [0.25, 0.3) is 0 Å². The molecule has 0 spiro atoms. The van der Waals surface area contributed by atoms with E-state index in [2.05, 4.69) is 15.3 Å². The molecule has 1 aromatic heterocycles. The summed E-state index contributed by atoms with van der Waals surface area (Å²) in [5.74, 6) is 0.478. The number of piperidine rings is 1. The fraction of sp³-hybridized carbons (Fsp3) is 0.692. The summed E-state index contributed by atoms with van der Waals surface area (Å²) in [7, 11) is 0. The van der Waals surface area contributed by atoms with Crippen molar-refractivity contribution in [1.29, 1.82) is 0 Å². The van der Waals surface area contributed by atoms with E-state index < -0.39 is 0 Å². The number of hydrogen-bond donors (Lipinski definition) is 2. The van der Waals surface area contributed by atoms with Gasteiger partial charge in [-0.25, -0.2) is 0 Å². The second-order valence-corrected chi connectivity index (χ2v) is 5.56. The largest absolute Gasteiger partial charge is 0.382 e. The number of hydrogen-bond acceptors (Lipinski definition) is 4. The van der Waals surface area contributed by atoms with Gasteiger partial charge in [0.1, 0.15) is 12.4 Å². The molecule has 2 fully saturated rings. The van der Waals surface area contributed by atoms with E-state index in [1.165, 1.54) is 19.4 Å². The number of aromatic nitrogens is 2. The SMILES string of the molecule is Nc1ccn(CC(=O)NC2CCN3CCCC3C2)n1. The van der Waals surface area contributed by atoms with Gasteiger partial charge in [-0.3, -0.25) is 9.48 Å². The monoisotopic (exact) mass is 263 g/mol. The molecule has 0 bridgehead atoms. The van der Waals surface area contributed by atoms with Gasteiger partial charge in [-0.05, 0) is 38.3 Å². The summed E-state index contributed by atoms with van der Waals surface area (Å²) < 4.78 is 1.58. The van der Waals surface area contributed by atoms with Gasteiger partial charge >= 0.3 is 0 Å². The van der Waals surface area contributed by atoms with E-state index >= 15 is 0 Å². The van der Waals surface area contributed by atoms with Crippen molar-refractivity contribution in [2.24, 2.45) is 0 Å². The summed E-state index contributed by atoms with van der Waals surface area (Å²) in [6.45, 7) is 2.60. The van der Waals surface area contributed by atoms with E-state index in [9.17, 15) is 4.79 Å². The van der Waals surface area contributed by atoms with Crippen LogP contribution >= 0.6 is 0 Å². The van der Waals surface area contributed by atoms with E-state index in [0.29, 0.717) is 17.9 Å². The number of nitrogen functional groups attached to an aromatic ring is 1. The fourth-order valence-electron chi connectivity index (χ4n) is 3.24. The Kier molecular flexibility index (Phi) is 3.42. The Hall–Kier alpha value is -1.56. The van der Waals surface area contributed by atoms with Gasteiger partial charge < -0.3 is 16.0 Å². The number of nitrogens with zero attached hydrogens (tertiary/aromatic N) is 3. The number of anilines is 1. The van der Waals surface area contributed by atoms with Crippen molar-refractivity contribution in [3.05, 3.63) is 12.3 Å². The first-order valence-corrected chi connectivity index (χ1v) is 7.03. The average molecular weight is 263 g/mol. The lowest BCUT2D eigenvalue weighted by molar-refractivity contribution is -0.122. The highest BCUT2D eigenvalue weighted by Crippen LogP contribution is 2.26. The maximum Gasteiger partial charge on any atom is 0.241 e. The van der Waals surface area contributed by atoms with Crippen LogP contribution in [0.3, 0.4) is 0 Å². The lowest BCUT2D eigenvalue weighted by Crippen LogP contribution is -2.48. The second kappa shape index (κ2) is 5.21. The second-order valence-electron chi connectivity index (χ2n) is 5.56. The summed E-state index contributed by atoms with van der Waals surface area (Å²) in [5.41, 5.74) is 5.53. The Labute approximate surface area is 112 Å². The van der Waals surface area contributed by atoms with Crippen molar-refractivity contribution in [2.75, 3.05) is 18.8 Å². The van der Waals surface area contributed by atoms with Crippen LogP contribution in [0.25, 0.3) is 0 Å². The maximum atomic E-state index is 12.0. The van der Waals surface area contributed by atoms with Crippen molar-refractivity contribution in [2.45, 2.75) is 44.3 Å². The molecule has 2 saturated heterocycles. The van der Waals surface area contributed by atoms with Crippen LogP contribution in [-0.4, -0.2) is 45.8 Å². The summed E-state index contributed by atoms with van der Waals surface area (Å²) in [6.07, 6.45) is 6.46. The molecular weight excluding hydrogens is 242 g/mol. The number of carbonyl (C=O) groups is 1. The lowest BCUT2D eigenvalue weighted by Gasteiger charge is -2.35. The predicted octanol–water partition coefficient (Wildman–Crippen LogP) is 0.208.